The normalized spacial score (nSPS) is 16.9. The minimum absolute atomic E-state index is 0.203. The molecule has 1 saturated carbocycles. The third-order valence-electron chi connectivity index (χ3n) is 6.31. The number of amides is 1. The van der Waals surface area contributed by atoms with Gasteiger partial charge in [-0.1, -0.05) is 30.7 Å². The van der Waals surface area contributed by atoms with Gasteiger partial charge in [-0.3, -0.25) is 9.69 Å². The lowest BCUT2D eigenvalue weighted by molar-refractivity contribution is 0.102. The highest BCUT2D eigenvalue weighted by Crippen LogP contribution is 2.39. The van der Waals surface area contributed by atoms with E-state index in [-0.39, 0.29) is 11.9 Å². The number of rotatable bonds is 5. The smallest absolute Gasteiger partial charge is 0.255 e. The summed E-state index contributed by atoms with van der Waals surface area (Å²) in [7, 11) is 0. The van der Waals surface area contributed by atoms with E-state index in [1.54, 1.807) is 6.07 Å². The first-order chi connectivity index (χ1) is 17.0. The van der Waals surface area contributed by atoms with Crippen LogP contribution in [-0.2, 0) is 0 Å². The summed E-state index contributed by atoms with van der Waals surface area (Å²) in [5.41, 5.74) is 13.7. The molecule has 8 nitrogen and oxygen atoms in total. The second-order valence-electron chi connectivity index (χ2n) is 8.76. The second-order valence-corrected chi connectivity index (χ2v) is 8.76. The summed E-state index contributed by atoms with van der Waals surface area (Å²) in [5, 5.41) is 2.95. The van der Waals surface area contributed by atoms with Crippen molar-refractivity contribution in [3.05, 3.63) is 84.4 Å². The van der Waals surface area contributed by atoms with E-state index in [2.05, 4.69) is 10.3 Å². The third-order valence-corrected chi connectivity index (χ3v) is 6.31. The number of hydrogen-bond donors (Lipinski definition) is 3. The van der Waals surface area contributed by atoms with E-state index in [1.807, 2.05) is 77.7 Å². The van der Waals surface area contributed by atoms with Crippen molar-refractivity contribution in [2.45, 2.75) is 37.8 Å². The molecule has 0 atom stereocenters. The van der Waals surface area contributed by atoms with Gasteiger partial charge in [-0.15, -0.1) is 0 Å². The Morgan fingerprint density at radius 2 is 1.60 bits per heavy atom. The van der Waals surface area contributed by atoms with Gasteiger partial charge in [0.05, 0.1) is 0 Å². The summed E-state index contributed by atoms with van der Waals surface area (Å²) in [6, 6.07) is 24.1. The number of nitrogens with zero attached hydrogens (tertiary/aromatic N) is 3. The van der Waals surface area contributed by atoms with Gasteiger partial charge in [0.1, 0.15) is 17.2 Å². The predicted molar refractivity (Wildman–Crippen MR) is 139 cm³/mol. The molecule has 0 saturated heterocycles. The van der Waals surface area contributed by atoms with E-state index >= 15 is 0 Å². The minimum Gasteiger partial charge on any atom is -0.457 e. The zero-order chi connectivity index (χ0) is 24.3. The van der Waals surface area contributed by atoms with Crippen molar-refractivity contribution in [1.82, 2.24) is 0 Å². The Hall–Kier alpha value is -4.33. The molecule has 5 rings (SSSR count). The van der Waals surface area contributed by atoms with Gasteiger partial charge in [-0.25, -0.2) is 4.99 Å². The first kappa shape index (κ1) is 22.5. The number of guanidine groups is 2. The maximum Gasteiger partial charge on any atom is 0.255 e. The summed E-state index contributed by atoms with van der Waals surface area (Å²) in [6.07, 6.45) is 4.88. The van der Waals surface area contributed by atoms with Gasteiger partial charge < -0.3 is 21.5 Å². The number of para-hydroxylation sites is 1. The van der Waals surface area contributed by atoms with Crippen molar-refractivity contribution >= 4 is 29.2 Å². The Morgan fingerprint density at radius 1 is 0.886 bits per heavy atom. The Labute approximate surface area is 204 Å². The molecule has 1 aliphatic heterocycles. The number of nitrogens with one attached hydrogen (secondary N) is 1. The first-order valence-corrected chi connectivity index (χ1v) is 11.8. The largest absolute Gasteiger partial charge is 0.457 e. The van der Waals surface area contributed by atoms with Crippen LogP contribution in [0, 0.1) is 0 Å². The Balaban J connectivity index is 1.33. The lowest BCUT2D eigenvalue weighted by Crippen LogP contribution is -2.58. The van der Waals surface area contributed by atoms with Crippen LogP contribution in [0.3, 0.4) is 0 Å². The number of carbonyl (C=O) groups is 1. The van der Waals surface area contributed by atoms with Crippen molar-refractivity contribution in [2.75, 3.05) is 10.2 Å². The fraction of sp³-hybridized carbons (Fsp3) is 0.222. The fourth-order valence-corrected chi connectivity index (χ4v) is 4.72. The molecule has 0 radical (unpaired) electrons. The molecule has 1 fully saturated rings. The van der Waals surface area contributed by atoms with Gasteiger partial charge in [-0.05, 0) is 80.3 Å². The van der Waals surface area contributed by atoms with Crippen LogP contribution in [0.15, 0.2) is 88.8 Å². The van der Waals surface area contributed by atoms with Crippen LogP contribution in [-0.4, -0.2) is 23.5 Å². The number of ether oxygens (including phenoxy) is 1. The molecule has 2 aliphatic rings. The topological polar surface area (TPSA) is 118 Å². The van der Waals surface area contributed by atoms with Gasteiger partial charge in [0.15, 0.2) is 0 Å². The maximum atomic E-state index is 13.1. The molecule has 3 aromatic carbocycles. The minimum atomic E-state index is -0.558. The van der Waals surface area contributed by atoms with Crippen LogP contribution in [0.2, 0.25) is 0 Å². The van der Waals surface area contributed by atoms with Crippen LogP contribution in [0.4, 0.5) is 11.4 Å². The van der Waals surface area contributed by atoms with Crippen LogP contribution in [0.25, 0.3) is 0 Å². The molecule has 8 heteroatoms. The summed E-state index contributed by atoms with van der Waals surface area (Å²) in [5.74, 6) is 1.72. The van der Waals surface area contributed by atoms with Crippen LogP contribution >= 0.6 is 0 Å². The van der Waals surface area contributed by atoms with Gasteiger partial charge in [0.25, 0.3) is 5.91 Å². The van der Waals surface area contributed by atoms with Crippen LogP contribution in [0.5, 0.6) is 11.5 Å². The van der Waals surface area contributed by atoms with E-state index in [0.717, 1.165) is 43.5 Å². The molecule has 0 aromatic heterocycles. The lowest BCUT2D eigenvalue weighted by atomic mass is 9.87. The average molecular weight is 469 g/mol. The van der Waals surface area contributed by atoms with Crippen LogP contribution in [0.1, 0.15) is 42.5 Å². The number of carbonyl (C=O) groups excluding carboxylic acids is 1. The molecule has 1 heterocycles. The number of benzene rings is 3. The summed E-state index contributed by atoms with van der Waals surface area (Å²) in [6.45, 7) is 0. The summed E-state index contributed by atoms with van der Waals surface area (Å²) in [4.78, 5) is 23.9. The van der Waals surface area contributed by atoms with Gasteiger partial charge in [0.2, 0.25) is 11.9 Å². The Morgan fingerprint density at radius 3 is 2.34 bits per heavy atom. The zero-order valence-corrected chi connectivity index (χ0v) is 19.4. The number of hydrogen-bond acceptors (Lipinski definition) is 7. The maximum absolute atomic E-state index is 13.1. The molecule has 35 heavy (non-hydrogen) atoms. The van der Waals surface area contributed by atoms with Crippen molar-refractivity contribution in [3.8, 4) is 11.5 Å². The Kier molecular flexibility index (Phi) is 6.10. The molecule has 1 spiro atoms. The first-order valence-electron chi connectivity index (χ1n) is 11.8. The van der Waals surface area contributed by atoms with Crippen molar-refractivity contribution in [2.24, 2.45) is 21.5 Å². The number of anilines is 2. The molecule has 0 unspecified atom stereocenters. The lowest BCUT2D eigenvalue weighted by Gasteiger charge is -2.45. The summed E-state index contributed by atoms with van der Waals surface area (Å²) >= 11 is 0. The molecule has 3 aromatic rings. The van der Waals surface area contributed by atoms with E-state index in [0.29, 0.717) is 23.0 Å². The number of aliphatic imine (C=N–C) groups is 2. The molecule has 5 N–H and O–H groups in total. The van der Waals surface area contributed by atoms with Crippen molar-refractivity contribution in [1.29, 1.82) is 0 Å². The van der Waals surface area contributed by atoms with Gasteiger partial charge in [-0.2, -0.15) is 4.99 Å². The third kappa shape index (κ3) is 4.82. The van der Waals surface area contributed by atoms with E-state index < -0.39 is 5.66 Å². The molecule has 1 aliphatic carbocycles. The molecule has 0 bridgehead atoms. The second kappa shape index (κ2) is 9.50. The zero-order valence-electron chi connectivity index (χ0n) is 19.4. The fourth-order valence-electron chi connectivity index (χ4n) is 4.72. The van der Waals surface area contributed by atoms with Crippen LogP contribution < -0.4 is 26.4 Å². The van der Waals surface area contributed by atoms with Crippen molar-refractivity contribution in [3.63, 3.8) is 0 Å². The molecule has 178 valence electrons. The molecular formula is C27H28N6O2. The monoisotopic (exact) mass is 468 g/mol. The predicted octanol–water partition coefficient (Wildman–Crippen LogP) is 4.84. The Bertz CT molecular complexity index is 1260. The highest BCUT2D eigenvalue weighted by molar-refractivity contribution is 6.08. The van der Waals surface area contributed by atoms with Crippen molar-refractivity contribution < 1.29 is 9.53 Å². The van der Waals surface area contributed by atoms with Gasteiger partial charge >= 0.3 is 0 Å². The highest BCUT2D eigenvalue weighted by Gasteiger charge is 2.42. The van der Waals surface area contributed by atoms with E-state index in [9.17, 15) is 4.79 Å². The van der Waals surface area contributed by atoms with Gasteiger partial charge in [0, 0.05) is 16.9 Å². The number of nitrogens with two attached hydrogens (primary N) is 2. The van der Waals surface area contributed by atoms with E-state index in [1.165, 1.54) is 0 Å². The molecule has 1 amide bonds. The highest BCUT2D eigenvalue weighted by atomic mass is 16.5. The average Bonchev–Trinajstić information content (AvgIpc) is 2.86. The standard InChI is InChI=1S/C27H28N6O2/c28-25-31-26(29)33(27(32-25)16-5-2-6-17-27)21-9-7-8-19(18-21)24(34)30-20-12-14-23(15-13-20)35-22-10-3-1-4-11-22/h1,3-4,7-15,18H,2,5-6,16-17H2,(H,30,34)(H4,28,29,31,32). The SMILES string of the molecule is NC1=NC2(CCCCC2)N(c2cccc(C(=O)Nc3ccc(Oc4ccccc4)cc3)c2)C(N)=N1. The van der Waals surface area contributed by atoms with E-state index in [4.69, 9.17) is 21.2 Å². The molecular weight excluding hydrogens is 440 g/mol. The quantitative estimate of drug-likeness (QED) is 0.495. The summed E-state index contributed by atoms with van der Waals surface area (Å²) < 4.78 is 5.82.